The van der Waals surface area contributed by atoms with Gasteiger partial charge in [-0.05, 0) is 47.8 Å². The van der Waals surface area contributed by atoms with Crippen molar-refractivity contribution in [3.05, 3.63) is 86.2 Å². The van der Waals surface area contributed by atoms with Gasteiger partial charge in [0.1, 0.15) is 0 Å². The van der Waals surface area contributed by atoms with Crippen LogP contribution in [0, 0.1) is 0 Å². The molecule has 0 aliphatic rings. The molecule has 138 valence electrons. The molecule has 0 aliphatic carbocycles. The molecule has 27 heavy (non-hydrogen) atoms. The first kappa shape index (κ1) is 19.4. The van der Waals surface area contributed by atoms with Crippen LogP contribution in [0.1, 0.15) is 24.9 Å². The van der Waals surface area contributed by atoms with Crippen LogP contribution in [0.4, 0.5) is 5.69 Å². The standard InChI is InChI=1S/C20H17ClN2O2S2/c1-2-11-23(13-16-9-10-18(21)27-16)20(25)14-5-7-15(8-6-14)22-19(24)17-4-3-12-26-17/h2-10,12H,1,11,13H2,(H,22,24). The van der Waals surface area contributed by atoms with Crippen molar-refractivity contribution in [2.75, 3.05) is 11.9 Å². The molecule has 0 radical (unpaired) electrons. The summed E-state index contributed by atoms with van der Waals surface area (Å²) in [5.41, 5.74) is 1.19. The maximum atomic E-state index is 12.8. The molecular formula is C20H17ClN2O2S2. The summed E-state index contributed by atoms with van der Waals surface area (Å²) in [5, 5.41) is 4.68. The zero-order valence-corrected chi connectivity index (χ0v) is 16.7. The van der Waals surface area contributed by atoms with E-state index in [1.807, 2.05) is 23.6 Å². The number of halogens is 1. The molecule has 0 spiro atoms. The van der Waals surface area contributed by atoms with E-state index in [9.17, 15) is 9.59 Å². The molecular weight excluding hydrogens is 400 g/mol. The number of amides is 2. The quantitative estimate of drug-likeness (QED) is 0.514. The summed E-state index contributed by atoms with van der Waals surface area (Å²) in [6.45, 7) is 4.64. The van der Waals surface area contributed by atoms with E-state index in [1.54, 1.807) is 41.3 Å². The Labute approximate surface area is 170 Å². The lowest BCUT2D eigenvalue weighted by Gasteiger charge is -2.20. The molecule has 7 heteroatoms. The third kappa shape index (κ3) is 5.07. The van der Waals surface area contributed by atoms with Crippen LogP contribution in [-0.4, -0.2) is 23.3 Å². The molecule has 4 nitrogen and oxygen atoms in total. The highest BCUT2D eigenvalue weighted by Crippen LogP contribution is 2.23. The van der Waals surface area contributed by atoms with Gasteiger partial charge in [-0.15, -0.1) is 29.3 Å². The molecule has 0 bridgehead atoms. The SMILES string of the molecule is C=CCN(Cc1ccc(Cl)s1)C(=O)c1ccc(NC(=O)c2cccs2)cc1. The lowest BCUT2D eigenvalue weighted by Crippen LogP contribution is -2.30. The topological polar surface area (TPSA) is 49.4 Å². The molecule has 0 saturated carbocycles. The number of anilines is 1. The summed E-state index contributed by atoms with van der Waals surface area (Å²) in [6.07, 6.45) is 1.70. The summed E-state index contributed by atoms with van der Waals surface area (Å²) in [4.78, 5) is 28.3. The Balaban J connectivity index is 1.69. The minimum atomic E-state index is -0.160. The first-order chi connectivity index (χ1) is 13.1. The molecule has 3 aromatic rings. The Morgan fingerprint density at radius 1 is 1.15 bits per heavy atom. The predicted molar refractivity (Wildman–Crippen MR) is 113 cm³/mol. The molecule has 2 aromatic heterocycles. The number of thiophene rings is 2. The molecule has 0 aliphatic heterocycles. The number of carbonyl (C=O) groups is 2. The van der Waals surface area contributed by atoms with Gasteiger partial charge in [-0.25, -0.2) is 0 Å². The number of nitrogens with one attached hydrogen (secondary N) is 1. The fourth-order valence-corrected chi connectivity index (χ4v) is 4.20. The maximum absolute atomic E-state index is 12.8. The molecule has 0 atom stereocenters. The Morgan fingerprint density at radius 2 is 1.93 bits per heavy atom. The van der Waals surface area contributed by atoms with Crippen molar-refractivity contribution in [1.82, 2.24) is 4.90 Å². The van der Waals surface area contributed by atoms with Crippen LogP contribution in [0.2, 0.25) is 4.34 Å². The van der Waals surface area contributed by atoms with E-state index >= 15 is 0 Å². The summed E-state index contributed by atoms with van der Waals surface area (Å²) in [5.74, 6) is -0.262. The van der Waals surface area contributed by atoms with Crippen molar-refractivity contribution in [3.63, 3.8) is 0 Å². The number of rotatable bonds is 7. The Bertz CT molecular complexity index is 933. The van der Waals surface area contributed by atoms with Crippen molar-refractivity contribution in [2.24, 2.45) is 0 Å². The van der Waals surface area contributed by atoms with Gasteiger partial charge in [0, 0.05) is 22.7 Å². The van der Waals surface area contributed by atoms with Crippen LogP contribution in [0.15, 0.2) is 66.6 Å². The van der Waals surface area contributed by atoms with Gasteiger partial charge in [0.15, 0.2) is 0 Å². The van der Waals surface area contributed by atoms with Gasteiger partial charge < -0.3 is 10.2 Å². The van der Waals surface area contributed by atoms with Gasteiger partial charge in [0.05, 0.1) is 15.8 Å². The zero-order valence-electron chi connectivity index (χ0n) is 14.4. The van der Waals surface area contributed by atoms with Crippen molar-refractivity contribution in [3.8, 4) is 0 Å². The average molecular weight is 417 g/mol. The minimum absolute atomic E-state index is 0.101. The number of hydrogen-bond donors (Lipinski definition) is 1. The number of benzene rings is 1. The second-order valence-corrected chi connectivity index (χ2v) is 8.44. The number of carbonyl (C=O) groups excluding carboxylic acids is 2. The van der Waals surface area contributed by atoms with E-state index in [0.29, 0.717) is 33.6 Å². The summed E-state index contributed by atoms with van der Waals surface area (Å²) < 4.78 is 0.696. The lowest BCUT2D eigenvalue weighted by molar-refractivity contribution is 0.0764. The summed E-state index contributed by atoms with van der Waals surface area (Å²) in [7, 11) is 0. The molecule has 1 aromatic carbocycles. The van der Waals surface area contributed by atoms with Crippen LogP contribution in [0.3, 0.4) is 0 Å². The van der Waals surface area contributed by atoms with E-state index in [4.69, 9.17) is 11.6 Å². The van der Waals surface area contributed by atoms with Crippen LogP contribution in [0.5, 0.6) is 0 Å². The predicted octanol–water partition coefficient (Wildman–Crippen LogP) is 5.54. The van der Waals surface area contributed by atoms with E-state index in [0.717, 1.165) is 4.88 Å². The fraction of sp³-hybridized carbons (Fsp3) is 0.100. The van der Waals surface area contributed by atoms with E-state index in [2.05, 4.69) is 11.9 Å². The second-order valence-electron chi connectivity index (χ2n) is 5.69. The van der Waals surface area contributed by atoms with Crippen molar-refractivity contribution < 1.29 is 9.59 Å². The van der Waals surface area contributed by atoms with E-state index < -0.39 is 0 Å². The van der Waals surface area contributed by atoms with Gasteiger partial charge in [0.25, 0.3) is 11.8 Å². The molecule has 0 unspecified atom stereocenters. The number of hydrogen-bond acceptors (Lipinski definition) is 4. The van der Waals surface area contributed by atoms with Gasteiger partial charge >= 0.3 is 0 Å². The Hall–Kier alpha value is -2.41. The average Bonchev–Trinajstić information content (AvgIpc) is 3.33. The third-order valence-corrected chi connectivity index (χ3v) is 5.83. The largest absolute Gasteiger partial charge is 0.330 e. The zero-order chi connectivity index (χ0) is 19.2. The number of nitrogens with zero attached hydrogens (tertiary/aromatic N) is 1. The summed E-state index contributed by atoms with van der Waals surface area (Å²) in [6, 6.07) is 14.2. The second kappa shape index (κ2) is 8.99. The molecule has 2 heterocycles. The molecule has 0 saturated heterocycles. The fourth-order valence-electron chi connectivity index (χ4n) is 2.48. The highest BCUT2D eigenvalue weighted by atomic mass is 35.5. The van der Waals surface area contributed by atoms with Crippen molar-refractivity contribution >= 4 is 51.8 Å². The Kier molecular flexibility index (Phi) is 6.45. The van der Waals surface area contributed by atoms with Crippen molar-refractivity contribution in [1.29, 1.82) is 0 Å². The Morgan fingerprint density at radius 3 is 2.52 bits per heavy atom. The van der Waals surface area contributed by atoms with Gasteiger partial charge in [-0.2, -0.15) is 0 Å². The molecule has 3 rings (SSSR count). The molecule has 1 N–H and O–H groups in total. The van der Waals surface area contributed by atoms with Crippen LogP contribution < -0.4 is 5.32 Å². The van der Waals surface area contributed by atoms with Gasteiger partial charge in [0.2, 0.25) is 0 Å². The maximum Gasteiger partial charge on any atom is 0.265 e. The van der Waals surface area contributed by atoms with Crippen LogP contribution in [0.25, 0.3) is 0 Å². The molecule has 2 amide bonds. The van der Waals surface area contributed by atoms with Crippen molar-refractivity contribution in [2.45, 2.75) is 6.54 Å². The normalized spacial score (nSPS) is 10.4. The smallest absolute Gasteiger partial charge is 0.265 e. The van der Waals surface area contributed by atoms with Crippen LogP contribution >= 0.6 is 34.3 Å². The highest BCUT2D eigenvalue weighted by Gasteiger charge is 2.16. The highest BCUT2D eigenvalue weighted by molar-refractivity contribution is 7.16. The monoisotopic (exact) mass is 416 g/mol. The molecule has 0 fully saturated rings. The first-order valence-electron chi connectivity index (χ1n) is 8.16. The van der Waals surface area contributed by atoms with E-state index in [-0.39, 0.29) is 11.8 Å². The first-order valence-corrected chi connectivity index (χ1v) is 10.2. The van der Waals surface area contributed by atoms with E-state index in [1.165, 1.54) is 22.7 Å². The van der Waals surface area contributed by atoms with Crippen LogP contribution in [-0.2, 0) is 6.54 Å². The van der Waals surface area contributed by atoms with Gasteiger partial charge in [-0.3, -0.25) is 9.59 Å². The minimum Gasteiger partial charge on any atom is -0.330 e. The van der Waals surface area contributed by atoms with Gasteiger partial charge in [-0.1, -0.05) is 23.7 Å². The third-order valence-electron chi connectivity index (χ3n) is 3.75. The lowest BCUT2D eigenvalue weighted by atomic mass is 10.1. The summed E-state index contributed by atoms with van der Waals surface area (Å²) >= 11 is 8.81.